The van der Waals surface area contributed by atoms with Gasteiger partial charge in [-0.3, -0.25) is 9.78 Å². The molecule has 4 aromatic rings. The summed E-state index contributed by atoms with van der Waals surface area (Å²) in [5.41, 5.74) is 4.67. The molecule has 0 atom stereocenters. The lowest BCUT2D eigenvalue weighted by atomic mass is 9.90. The molecule has 40 heavy (non-hydrogen) atoms. The summed E-state index contributed by atoms with van der Waals surface area (Å²) < 4.78 is 12.7. The van der Waals surface area contributed by atoms with Crippen LogP contribution >= 0.6 is 0 Å². The average Bonchev–Trinajstić information content (AvgIpc) is 3.49. The molecule has 0 radical (unpaired) electrons. The molecule has 2 aliphatic rings. The van der Waals surface area contributed by atoms with E-state index in [0.717, 1.165) is 48.1 Å². The van der Waals surface area contributed by atoms with Crippen LogP contribution in [0, 0.1) is 6.92 Å². The van der Waals surface area contributed by atoms with Crippen LogP contribution in [-0.2, 0) is 4.74 Å². The Morgan fingerprint density at radius 2 is 1.80 bits per heavy atom. The van der Waals surface area contributed by atoms with Gasteiger partial charge in [0.05, 0.1) is 23.0 Å². The van der Waals surface area contributed by atoms with E-state index < -0.39 is 5.60 Å². The number of hydrogen-bond donors (Lipinski definition) is 1. The number of hydrogen-bond acceptors (Lipinski definition) is 7. The number of nitrogens with zero attached hydrogens (tertiary/aromatic N) is 5. The maximum Gasteiger partial charge on any atom is 0.410 e. The predicted molar refractivity (Wildman–Crippen MR) is 149 cm³/mol. The number of nitrogens with one attached hydrogen (secondary N) is 1. The predicted octanol–water partition coefficient (Wildman–Crippen LogP) is 5.94. The summed E-state index contributed by atoms with van der Waals surface area (Å²) in [7, 11) is 0. The van der Waals surface area contributed by atoms with Gasteiger partial charge in [0, 0.05) is 43.2 Å². The Bertz CT molecular complexity index is 1570. The third-order valence-electron chi connectivity index (χ3n) is 7.53. The van der Waals surface area contributed by atoms with Crippen LogP contribution in [0.15, 0.2) is 47.4 Å². The lowest BCUT2D eigenvalue weighted by molar-refractivity contribution is 0.0204. The van der Waals surface area contributed by atoms with Crippen molar-refractivity contribution < 1.29 is 18.8 Å². The van der Waals surface area contributed by atoms with E-state index in [1.54, 1.807) is 21.8 Å². The van der Waals surface area contributed by atoms with Gasteiger partial charge in [-0.2, -0.15) is 5.10 Å². The highest BCUT2D eigenvalue weighted by Gasteiger charge is 2.29. The van der Waals surface area contributed by atoms with Crippen LogP contribution in [-0.4, -0.2) is 55.3 Å². The van der Waals surface area contributed by atoms with Gasteiger partial charge in [0.15, 0.2) is 0 Å². The smallest absolute Gasteiger partial charge is 0.410 e. The molecule has 0 spiro atoms. The number of pyridine rings is 2. The maximum absolute atomic E-state index is 13.4. The van der Waals surface area contributed by atoms with Crippen LogP contribution in [0.2, 0.25) is 0 Å². The molecule has 5 heterocycles. The molecular weight excluding hydrogens is 508 g/mol. The minimum atomic E-state index is -0.510. The first-order chi connectivity index (χ1) is 19.1. The third-order valence-corrected chi connectivity index (χ3v) is 7.53. The van der Waals surface area contributed by atoms with Gasteiger partial charge in [-0.1, -0.05) is 5.16 Å². The molecule has 1 aliphatic carbocycles. The molecule has 10 heteroatoms. The Hall–Kier alpha value is -4.21. The van der Waals surface area contributed by atoms with Gasteiger partial charge in [0.25, 0.3) is 5.91 Å². The number of piperidine rings is 1. The number of carbonyl (C=O) groups excluding carboxylic acids is 2. The fourth-order valence-corrected chi connectivity index (χ4v) is 5.11. The molecule has 1 saturated carbocycles. The number of carbonyl (C=O) groups is 2. The van der Waals surface area contributed by atoms with Crippen LogP contribution in [0.5, 0.6) is 0 Å². The normalized spacial score (nSPS) is 16.4. The van der Waals surface area contributed by atoms with Crippen molar-refractivity contribution in [1.29, 1.82) is 0 Å². The Morgan fingerprint density at radius 1 is 1.02 bits per heavy atom. The van der Waals surface area contributed by atoms with Crippen molar-refractivity contribution in [2.45, 2.75) is 70.8 Å². The van der Waals surface area contributed by atoms with Crippen molar-refractivity contribution in [3.05, 3.63) is 65.3 Å². The van der Waals surface area contributed by atoms with Crippen molar-refractivity contribution in [2.24, 2.45) is 0 Å². The number of aromatic nitrogens is 4. The molecule has 2 fully saturated rings. The minimum Gasteiger partial charge on any atom is -0.444 e. The molecule has 1 saturated heterocycles. The standard InChI is InChI=1S/C30H34N6O4/c1-18-16-31-24(25-15-27(40-34-25)20-5-6-20)14-23(18)33-28(37)22-17-32-36-12-9-21(13-26(22)36)19-7-10-35(11-8-19)29(38)39-30(2,3)4/h9,12-17,19-20H,5-8,10-11H2,1-4H3,(H,31,33,37). The van der Waals surface area contributed by atoms with Gasteiger partial charge in [-0.25, -0.2) is 9.31 Å². The second-order valence-electron chi connectivity index (χ2n) is 11.8. The van der Waals surface area contributed by atoms with Gasteiger partial charge >= 0.3 is 6.09 Å². The summed E-state index contributed by atoms with van der Waals surface area (Å²) >= 11 is 0. The second kappa shape index (κ2) is 10.1. The molecule has 1 N–H and O–H groups in total. The molecule has 0 bridgehead atoms. The topological polar surface area (TPSA) is 115 Å². The first kappa shape index (κ1) is 26.0. The fourth-order valence-electron chi connectivity index (χ4n) is 5.11. The summed E-state index contributed by atoms with van der Waals surface area (Å²) in [6, 6.07) is 7.85. The number of rotatable bonds is 5. The zero-order valence-corrected chi connectivity index (χ0v) is 23.3. The van der Waals surface area contributed by atoms with Crippen LogP contribution in [0.4, 0.5) is 10.5 Å². The van der Waals surface area contributed by atoms with E-state index in [-0.39, 0.29) is 17.9 Å². The number of aryl methyl sites for hydroxylation is 1. The van der Waals surface area contributed by atoms with Crippen molar-refractivity contribution in [3.8, 4) is 11.4 Å². The van der Waals surface area contributed by atoms with Crippen molar-refractivity contribution >= 4 is 23.2 Å². The molecule has 2 amide bonds. The van der Waals surface area contributed by atoms with Gasteiger partial charge in [0.1, 0.15) is 17.1 Å². The quantitative estimate of drug-likeness (QED) is 0.332. The molecule has 4 aromatic heterocycles. The van der Waals surface area contributed by atoms with Crippen LogP contribution in [0.1, 0.15) is 85.5 Å². The van der Waals surface area contributed by atoms with E-state index in [1.165, 1.54) is 0 Å². The first-order valence-electron chi connectivity index (χ1n) is 13.8. The van der Waals surface area contributed by atoms with Crippen LogP contribution in [0.25, 0.3) is 16.9 Å². The third kappa shape index (κ3) is 5.43. The summed E-state index contributed by atoms with van der Waals surface area (Å²) in [4.78, 5) is 32.2. The van der Waals surface area contributed by atoms with E-state index >= 15 is 0 Å². The molecule has 6 rings (SSSR count). The highest BCUT2D eigenvalue weighted by Crippen LogP contribution is 2.41. The highest BCUT2D eigenvalue weighted by molar-refractivity contribution is 6.09. The monoisotopic (exact) mass is 542 g/mol. The number of anilines is 1. The van der Waals surface area contributed by atoms with E-state index in [0.29, 0.717) is 41.6 Å². The maximum atomic E-state index is 13.4. The number of fused-ring (bicyclic) bond motifs is 1. The van der Waals surface area contributed by atoms with Crippen molar-refractivity contribution in [2.75, 3.05) is 18.4 Å². The summed E-state index contributed by atoms with van der Waals surface area (Å²) in [6.45, 7) is 8.80. The first-order valence-corrected chi connectivity index (χ1v) is 13.8. The highest BCUT2D eigenvalue weighted by atomic mass is 16.6. The van der Waals surface area contributed by atoms with Crippen molar-refractivity contribution in [3.63, 3.8) is 0 Å². The van der Waals surface area contributed by atoms with E-state index in [9.17, 15) is 9.59 Å². The second-order valence-corrected chi connectivity index (χ2v) is 11.8. The number of likely N-dealkylation sites (tertiary alicyclic amines) is 1. The zero-order chi connectivity index (χ0) is 28.0. The Kier molecular flexibility index (Phi) is 6.56. The molecular formula is C30H34N6O4. The van der Waals surface area contributed by atoms with E-state index in [4.69, 9.17) is 9.26 Å². The van der Waals surface area contributed by atoms with E-state index in [1.807, 2.05) is 58.2 Å². The Labute approximate surface area is 232 Å². The van der Waals surface area contributed by atoms with Gasteiger partial charge < -0.3 is 19.5 Å². The summed E-state index contributed by atoms with van der Waals surface area (Å²) in [5.74, 6) is 1.39. The number of ether oxygens (including phenoxy) is 1. The zero-order valence-electron chi connectivity index (χ0n) is 23.3. The molecule has 208 valence electrons. The van der Waals surface area contributed by atoms with E-state index in [2.05, 4.69) is 20.6 Å². The molecule has 1 aliphatic heterocycles. The molecule has 10 nitrogen and oxygen atoms in total. The van der Waals surface area contributed by atoms with Crippen LogP contribution < -0.4 is 5.32 Å². The van der Waals surface area contributed by atoms with Gasteiger partial charge in [0.2, 0.25) is 0 Å². The van der Waals surface area contributed by atoms with Crippen molar-refractivity contribution in [1.82, 2.24) is 24.7 Å². The lowest BCUT2D eigenvalue weighted by Gasteiger charge is -2.33. The van der Waals surface area contributed by atoms with Gasteiger partial charge in [-0.05, 0) is 88.6 Å². The summed E-state index contributed by atoms with van der Waals surface area (Å²) in [5, 5.41) is 11.6. The minimum absolute atomic E-state index is 0.244. The average molecular weight is 543 g/mol. The molecule has 0 aromatic carbocycles. The fraction of sp³-hybridized carbons (Fsp3) is 0.433. The summed E-state index contributed by atoms with van der Waals surface area (Å²) in [6.07, 6.45) is 8.86. The Balaban J connectivity index is 1.17. The van der Waals surface area contributed by atoms with Crippen LogP contribution in [0.3, 0.4) is 0 Å². The van der Waals surface area contributed by atoms with Gasteiger partial charge in [-0.15, -0.1) is 0 Å². The largest absolute Gasteiger partial charge is 0.444 e. The molecule has 0 unspecified atom stereocenters. The number of amides is 2. The Morgan fingerprint density at radius 3 is 2.52 bits per heavy atom. The lowest BCUT2D eigenvalue weighted by Crippen LogP contribution is -2.41. The SMILES string of the molecule is Cc1cnc(-c2cc(C3CC3)on2)cc1NC(=O)c1cnn2ccc(C3CCN(C(=O)OC(C)(C)C)CC3)cc12.